The number of rotatable bonds is 4. The third kappa shape index (κ3) is 2.50. The summed E-state index contributed by atoms with van der Waals surface area (Å²) in [5, 5.41) is 15.4. The molecule has 3 aromatic rings. The second kappa shape index (κ2) is 5.42. The first-order chi connectivity index (χ1) is 10.1. The first-order valence-electron chi connectivity index (χ1n) is 6.35. The van der Waals surface area contributed by atoms with Gasteiger partial charge in [-0.15, -0.1) is 22.7 Å². The van der Waals surface area contributed by atoms with Crippen LogP contribution in [0.2, 0.25) is 0 Å². The summed E-state index contributed by atoms with van der Waals surface area (Å²) in [5.41, 5.74) is 0.712. The summed E-state index contributed by atoms with van der Waals surface area (Å²) in [7, 11) is 0. The number of nitrogens with zero attached hydrogens (tertiary/aromatic N) is 2. The van der Waals surface area contributed by atoms with Crippen LogP contribution in [0.15, 0.2) is 23.8 Å². The number of carbonyl (C=O) groups is 1. The molecule has 108 valence electrons. The second-order valence-corrected chi connectivity index (χ2v) is 6.62. The lowest BCUT2D eigenvalue weighted by Crippen LogP contribution is -2.07. The highest BCUT2D eigenvalue weighted by Gasteiger charge is 2.19. The van der Waals surface area contributed by atoms with E-state index in [4.69, 9.17) is 0 Å². The van der Waals surface area contributed by atoms with Gasteiger partial charge in [0.05, 0.1) is 11.4 Å². The molecule has 0 amide bonds. The molecule has 0 fully saturated rings. The average Bonchev–Trinajstić information content (AvgIpc) is 3.07. The highest BCUT2D eigenvalue weighted by Crippen LogP contribution is 2.34. The number of thiophene rings is 2. The van der Waals surface area contributed by atoms with Gasteiger partial charge in [0.25, 0.3) is 0 Å². The Bertz CT molecular complexity index is 796. The van der Waals surface area contributed by atoms with Crippen molar-refractivity contribution in [1.82, 2.24) is 9.97 Å². The quantitative estimate of drug-likeness (QED) is 0.762. The van der Waals surface area contributed by atoms with Crippen LogP contribution in [0, 0.1) is 6.92 Å². The monoisotopic (exact) mass is 319 g/mol. The Kier molecular flexibility index (Phi) is 3.60. The van der Waals surface area contributed by atoms with Gasteiger partial charge in [0, 0.05) is 4.88 Å². The number of aromatic nitrogens is 2. The Labute approximate surface area is 129 Å². The van der Waals surface area contributed by atoms with Crippen LogP contribution in [-0.4, -0.2) is 21.0 Å². The van der Waals surface area contributed by atoms with Gasteiger partial charge in [0.1, 0.15) is 21.9 Å². The topological polar surface area (TPSA) is 75.1 Å². The molecule has 3 heterocycles. The summed E-state index contributed by atoms with van der Waals surface area (Å²) in [4.78, 5) is 21.9. The number of hydrogen-bond donors (Lipinski definition) is 2. The number of hydrogen-bond acceptors (Lipinski definition) is 6. The summed E-state index contributed by atoms with van der Waals surface area (Å²) in [5.74, 6) is -0.241. The van der Waals surface area contributed by atoms with E-state index in [2.05, 4.69) is 28.3 Å². The number of aryl methyl sites for hydroxylation is 1. The minimum Gasteiger partial charge on any atom is -0.477 e. The van der Waals surface area contributed by atoms with Crippen LogP contribution in [0.4, 0.5) is 5.82 Å². The molecule has 0 aliphatic carbocycles. The van der Waals surface area contributed by atoms with Crippen LogP contribution in [0.1, 0.15) is 33.1 Å². The van der Waals surface area contributed by atoms with E-state index in [1.165, 1.54) is 22.5 Å². The van der Waals surface area contributed by atoms with Crippen molar-refractivity contribution in [3.05, 3.63) is 39.2 Å². The van der Waals surface area contributed by atoms with Crippen molar-refractivity contribution >= 4 is 44.7 Å². The van der Waals surface area contributed by atoms with Gasteiger partial charge in [-0.3, -0.25) is 0 Å². The highest BCUT2D eigenvalue weighted by molar-refractivity contribution is 7.20. The molecule has 0 spiro atoms. The summed E-state index contributed by atoms with van der Waals surface area (Å²) in [6.45, 7) is 3.85. The average molecular weight is 319 g/mol. The molecule has 1 unspecified atom stereocenters. The molecule has 0 aliphatic rings. The van der Waals surface area contributed by atoms with Gasteiger partial charge in [-0.25, -0.2) is 14.8 Å². The standard InChI is InChI=1S/C14H13N3O2S2/c1-7-10-12(17-8(2)9-4-3-5-20-9)15-6-16-13(10)21-11(7)14(18)19/h3-6,8H,1-2H3,(H,18,19)(H,15,16,17). The maximum Gasteiger partial charge on any atom is 0.346 e. The van der Waals surface area contributed by atoms with Crippen molar-refractivity contribution in [2.24, 2.45) is 0 Å². The second-order valence-electron chi connectivity index (χ2n) is 4.65. The van der Waals surface area contributed by atoms with Crippen LogP contribution < -0.4 is 5.32 Å². The van der Waals surface area contributed by atoms with Crippen LogP contribution in [0.3, 0.4) is 0 Å². The number of fused-ring (bicyclic) bond motifs is 1. The lowest BCUT2D eigenvalue weighted by Gasteiger charge is -2.13. The predicted octanol–water partition coefficient (Wildman–Crippen LogP) is 3.93. The minimum absolute atomic E-state index is 0.107. The van der Waals surface area contributed by atoms with Gasteiger partial charge >= 0.3 is 5.97 Å². The smallest absolute Gasteiger partial charge is 0.346 e. The molecule has 3 rings (SSSR count). The molecule has 0 saturated carbocycles. The molecule has 7 heteroatoms. The normalized spacial score (nSPS) is 12.5. The van der Waals surface area contributed by atoms with E-state index >= 15 is 0 Å². The van der Waals surface area contributed by atoms with Crippen molar-refractivity contribution in [2.45, 2.75) is 19.9 Å². The third-order valence-corrected chi connectivity index (χ3v) is 5.49. The Morgan fingerprint density at radius 2 is 2.24 bits per heavy atom. The van der Waals surface area contributed by atoms with E-state index in [1.807, 2.05) is 11.4 Å². The molecule has 0 bridgehead atoms. The van der Waals surface area contributed by atoms with E-state index in [1.54, 1.807) is 18.3 Å². The zero-order chi connectivity index (χ0) is 15.0. The van der Waals surface area contributed by atoms with Gasteiger partial charge in [-0.2, -0.15) is 0 Å². The third-order valence-electron chi connectivity index (χ3n) is 3.24. The fourth-order valence-corrected chi connectivity index (χ4v) is 3.92. The minimum atomic E-state index is -0.923. The maximum absolute atomic E-state index is 11.3. The summed E-state index contributed by atoms with van der Waals surface area (Å²) < 4.78 is 0. The van der Waals surface area contributed by atoms with Crippen molar-refractivity contribution < 1.29 is 9.90 Å². The van der Waals surface area contributed by atoms with Gasteiger partial charge in [0.15, 0.2) is 0 Å². The van der Waals surface area contributed by atoms with Crippen LogP contribution in [-0.2, 0) is 0 Å². The first kappa shape index (κ1) is 14.0. The lowest BCUT2D eigenvalue weighted by molar-refractivity contribution is 0.0701. The molecule has 0 aromatic carbocycles. The Balaban J connectivity index is 2.04. The number of carboxylic acid groups (broad SMARTS) is 1. The van der Waals surface area contributed by atoms with E-state index < -0.39 is 5.97 Å². The fourth-order valence-electron chi connectivity index (χ4n) is 2.20. The fraction of sp³-hybridized carbons (Fsp3) is 0.214. The van der Waals surface area contributed by atoms with Gasteiger partial charge < -0.3 is 10.4 Å². The number of nitrogens with one attached hydrogen (secondary N) is 1. The SMILES string of the molecule is Cc1c(C(=O)O)sc2ncnc(NC(C)c3cccs3)c12. The van der Waals surface area contributed by atoms with Gasteiger partial charge in [0.2, 0.25) is 0 Å². The number of aromatic carboxylic acids is 1. The molecule has 2 N–H and O–H groups in total. The van der Waals surface area contributed by atoms with Crippen LogP contribution >= 0.6 is 22.7 Å². The zero-order valence-electron chi connectivity index (χ0n) is 11.5. The maximum atomic E-state index is 11.3. The number of anilines is 1. The van der Waals surface area contributed by atoms with Gasteiger partial charge in [-0.05, 0) is 30.9 Å². The summed E-state index contributed by atoms with van der Waals surface area (Å²) in [6.07, 6.45) is 1.47. The Hall–Kier alpha value is -1.99. The van der Waals surface area contributed by atoms with Crippen molar-refractivity contribution in [3.63, 3.8) is 0 Å². The molecular weight excluding hydrogens is 306 g/mol. The van der Waals surface area contributed by atoms with Gasteiger partial charge in [-0.1, -0.05) is 6.07 Å². The first-order valence-corrected chi connectivity index (χ1v) is 8.05. The van der Waals surface area contributed by atoms with E-state index in [-0.39, 0.29) is 6.04 Å². The molecule has 3 aromatic heterocycles. The molecule has 0 radical (unpaired) electrons. The molecule has 0 saturated heterocycles. The molecule has 21 heavy (non-hydrogen) atoms. The molecular formula is C14H13N3O2S2. The van der Waals surface area contributed by atoms with Crippen LogP contribution in [0.5, 0.6) is 0 Å². The Morgan fingerprint density at radius 3 is 2.90 bits per heavy atom. The highest BCUT2D eigenvalue weighted by atomic mass is 32.1. The lowest BCUT2D eigenvalue weighted by atomic mass is 10.2. The largest absolute Gasteiger partial charge is 0.477 e. The molecule has 1 atom stereocenters. The van der Waals surface area contributed by atoms with E-state index in [9.17, 15) is 9.90 Å². The molecule has 0 aliphatic heterocycles. The van der Waals surface area contributed by atoms with Crippen molar-refractivity contribution in [2.75, 3.05) is 5.32 Å². The van der Waals surface area contributed by atoms with Crippen molar-refractivity contribution in [1.29, 1.82) is 0 Å². The van der Waals surface area contributed by atoms with Crippen molar-refractivity contribution in [3.8, 4) is 0 Å². The number of carboxylic acids is 1. The zero-order valence-corrected chi connectivity index (χ0v) is 13.1. The summed E-state index contributed by atoms with van der Waals surface area (Å²) >= 11 is 2.86. The van der Waals surface area contributed by atoms with Crippen LogP contribution in [0.25, 0.3) is 10.2 Å². The molecule has 5 nitrogen and oxygen atoms in total. The van der Waals surface area contributed by atoms with E-state index in [0.29, 0.717) is 21.1 Å². The predicted molar refractivity (Wildman–Crippen MR) is 85.5 cm³/mol. The summed E-state index contributed by atoms with van der Waals surface area (Å²) in [6, 6.07) is 4.17. The Morgan fingerprint density at radius 1 is 1.43 bits per heavy atom. The van der Waals surface area contributed by atoms with E-state index in [0.717, 1.165) is 5.39 Å².